The summed E-state index contributed by atoms with van der Waals surface area (Å²) in [5.41, 5.74) is 11.0. The molecule has 1 aromatic heterocycles. The Kier molecular flexibility index (Phi) is 5.79. The zero-order chi connectivity index (χ0) is 26.2. The summed E-state index contributed by atoms with van der Waals surface area (Å²) in [6, 6.07) is 37.8. The van der Waals surface area contributed by atoms with E-state index in [-0.39, 0.29) is 0 Å². The first-order valence-corrected chi connectivity index (χ1v) is 13.4. The maximum absolute atomic E-state index is 4.43. The molecular weight excluding hydrogens is 472 g/mol. The highest BCUT2D eigenvalue weighted by atomic mass is 14.8. The van der Waals surface area contributed by atoms with Crippen LogP contribution in [0.2, 0.25) is 0 Å². The first-order chi connectivity index (χ1) is 19.3. The molecule has 0 radical (unpaired) electrons. The first-order valence-electron chi connectivity index (χ1n) is 13.4. The molecule has 186 valence electrons. The SMILES string of the molecule is Cc1cncc(-c2cccc(-c3c4ccccc4c(-c4ccc(C5=CCNC=C5)cc4)c4ccccc34)c2)c1. The molecule has 1 aliphatic heterocycles. The van der Waals surface area contributed by atoms with Crippen LogP contribution < -0.4 is 5.32 Å². The van der Waals surface area contributed by atoms with Crippen molar-refractivity contribution < 1.29 is 0 Å². The van der Waals surface area contributed by atoms with Gasteiger partial charge in [0, 0.05) is 24.5 Å². The van der Waals surface area contributed by atoms with Crippen molar-refractivity contribution in [2.75, 3.05) is 6.54 Å². The number of allylic oxidation sites excluding steroid dienone is 2. The molecule has 0 saturated carbocycles. The molecule has 0 spiro atoms. The summed E-state index contributed by atoms with van der Waals surface area (Å²) in [6.07, 6.45) is 10.2. The highest BCUT2D eigenvalue weighted by Gasteiger charge is 2.17. The molecule has 0 saturated heterocycles. The third-order valence-corrected chi connectivity index (χ3v) is 7.62. The lowest BCUT2D eigenvalue weighted by Gasteiger charge is -2.18. The predicted octanol–water partition coefficient (Wildman–Crippen LogP) is 9.20. The van der Waals surface area contributed by atoms with E-state index < -0.39 is 0 Å². The molecule has 1 N–H and O–H groups in total. The lowest BCUT2D eigenvalue weighted by Crippen LogP contribution is -2.08. The minimum atomic E-state index is 0.867. The van der Waals surface area contributed by atoms with E-state index in [0.29, 0.717) is 0 Å². The molecule has 1 aliphatic rings. The van der Waals surface area contributed by atoms with E-state index in [1.54, 1.807) is 0 Å². The monoisotopic (exact) mass is 500 g/mol. The lowest BCUT2D eigenvalue weighted by atomic mass is 9.85. The van der Waals surface area contributed by atoms with Gasteiger partial charge in [-0.3, -0.25) is 4.98 Å². The van der Waals surface area contributed by atoms with Gasteiger partial charge in [0.2, 0.25) is 0 Å². The highest BCUT2D eigenvalue weighted by Crippen LogP contribution is 2.44. The number of hydrogen-bond acceptors (Lipinski definition) is 2. The van der Waals surface area contributed by atoms with Crippen LogP contribution in [0.15, 0.2) is 134 Å². The van der Waals surface area contributed by atoms with Crippen LogP contribution in [-0.2, 0) is 0 Å². The van der Waals surface area contributed by atoms with E-state index in [1.807, 2.05) is 18.6 Å². The van der Waals surface area contributed by atoms with Crippen molar-refractivity contribution >= 4 is 27.1 Å². The molecule has 2 nitrogen and oxygen atoms in total. The van der Waals surface area contributed by atoms with Gasteiger partial charge in [-0.1, -0.05) is 97.1 Å². The molecule has 6 aromatic rings. The van der Waals surface area contributed by atoms with Crippen LogP contribution in [0.5, 0.6) is 0 Å². The lowest BCUT2D eigenvalue weighted by molar-refractivity contribution is 0.976. The number of hydrogen-bond donors (Lipinski definition) is 1. The molecule has 2 heteroatoms. The number of aryl methyl sites for hydroxylation is 1. The molecular formula is C37H28N2. The quantitative estimate of drug-likeness (QED) is 0.244. The van der Waals surface area contributed by atoms with Gasteiger partial charge in [-0.05, 0) is 97.4 Å². The molecule has 0 unspecified atom stereocenters. The van der Waals surface area contributed by atoms with Crippen molar-refractivity contribution in [3.05, 3.63) is 145 Å². The van der Waals surface area contributed by atoms with Crippen LogP contribution in [-0.4, -0.2) is 11.5 Å². The molecule has 0 bridgehead atoms. The largest absolute Gasteiger partial charge is 0.387 e. The molecule has 5 aromatic carbocycles. The molecule has 0 fully saturated rings. The smallest absolute Gasteiger partial charge is 0.0346 e. The van der Waals surface area contributed by atoms with E-state index in [1.165, 1.54) is 60.5 Å². The molecule has 0 amide bonds. The highest BCUT2D eigenvalue weighted by molar-refractivity contribution is 6.21. The van der Waals surface area contributed by atoms with Crippen LogP contribution >= 0.6 is 0 Å². The van der Waals surface area contributed by atoms with E-state index >= 15 is 0 Å². The Balaban J connectivity index is 1.45. The summed E-state index contributed by atoms with van der Waals surface area (Å²) in [6.45, 7) is 2.96. The maximum Gasteiger partial charge on any atom is 0.0346 e. The maximum atomic E-state index is 4.43. The summed E-state index contributed by atoms with van der Waals surface area (Å²) in [5.74, 6) is 0. The standard InChI is InChI=1S/C37H28N2/c1-25-21-31(24-39-23-25)29-7-6-8-30(22-29)37-34-11-4-2-9-32(34)36(33-10-3-5-12-35(33)37)28-15-13-26(14-16-28)27-17-19-38-20-18-27/h2-19,21-24,38H,20H2,1H3. The normalized spacial score (nSPS) is 12.9. The number of dihydropyridines is 1. The fraction of sp³-hybridized carbons (Fsp3) is 0.0541. The number of nitrogens with zero attached hydrogens (tertiary/aromatic N) is 1. The fourth-order valence-electron chi connectivity index (χ4n) is 5.81. The third kappa shape index (κ3) is 4.20. The van der Waals surface area contributed by atoms with Gasteiger partial charge in [0.1, 0.15) is 0 Å². The Morgan fingerprint density at radius 3 is 1.79 bits per heavy atom. The Hall–Kier alpha value is -4.95. The van der Waals surface area contributed by atoms with E-state index in [9.17, 15) is 0 Å². The number of pyridine rings is 1. The minimum Gasteiger partial charge on any atom is -0.387 e. The summed E-state index contributed by atoms with van der Waals surface area (Å²) in [4.78, 5) is 4.43. The van der Waals surface area contributed by atoms with Crippen LogP contribution in [0.1, 0.15) is 11.1 Å². The zero-order valence-electron chi connectivity index (χ0n) is 21.9. The number of fused-ring (bicyclic) bond motifs is 2. The van der Waals surface area contributed by atoms with Crippen molar-refractivity contribution in [2.45, 2.75) is 6.92 Å². The Morgan fingerprint density at radius 2 is 1.18 bits per heavy atom. The van der Waals surface area contributed by atoms with Gasteiger partial charge >= 0.3 is 0 Å². The molecule has 39 heavy (non-hydrogen) atoms. The van der Waals surface area contributed by atoms with Crippen LogP contribution in [0.4, 0.5) is 0 Å². The van der Waals surface area contributed by atoms with E-state index in [2.05, 4.69) is 133 Å². The third-order valence-electron chi connectivity index (χ3n) is 7.62. The second-order valence-corrected chi connectivity index (χ2v) is 10.2. The molecule has 0 aliphatic carbocycles. The van der Waals surface area contributed by atoms with Crippen LogP contribution in [0, 0.1) is 6.92 Å². The summed E-state index contributed by atoms with van der Waals surface area (Å²) in [5, 5.41) is 8.29. The van der Waals surface area contributed by atoms with Gasteiger partial charge in [-0.2, -0.15) is 0 Å². The number of aromatic nitrogens is 1. The van der Waals surface area contributed by atoms with E-state index in [0.717, 1.165) is 17.7 Å². The second kappa shape index (κ2) is 9.74. The average Bonchev–Trinajstić information content (AvgIpc) is 3.00. The van der Waals surface area contributed by atoms with Gasteiger partial charge in [0.25, 0.3) is 0 Å². The summed E-state index contributed by atoms with van der Waals surface area (Å²) in [7, 11) is 0. The van der Waals surface area contributed by atoms with Crippen molar-refractivity contribution in [1.29, 1.82) is 0 Å². The Morgan fingerprint density at radius 1 is 0.564 bits per heavy atom. The Labute approximate surface area is 229 Å². The van der Waals surface area contributed by atoms with Crippen molar-refractivity contribution in [3.63, 3.8) is 0 Å². The first kappa shape index (κ1) is 23.2. The van der Waals surface area contributed by atoms with Gasteiger partial charge in [0.05, 0.1) is 0 Å². The van der Waals surface area contributed by atoms with Crippen molar-refractivity contribution in [3.8, 4) is 33.4 Å². The van der Waals surface area contributed by atoms with Crippen LogP contribution in [0.3, 0.4) is 0 Å². The summed E-state index contributed by atoms with van der Waals surface area (Å²) >= 11 is 0. The molecule has 2 heterocycles. The minimum absolute atomic E-state index is 0.867. The zero-order valence-corrected chi connectivity index (χ0v) is 21.9. The number of rotatable bonds is 4. The van der Waals surface area contributed by atoms with Gasteiger partial charge < -0.3 is 5.32 Å². The Bertz CT molecular complexity index is 1850. The number of nitrogens with one attached hydrogen (secondary N) is 1. The fourth-order valence-corrected chi connectivity index (χ4v) is 5.81. The molecule has 0 atom stereocenters. The molecule has 7 rings (SSSR count). The second-order valence-electron chi connectivity index (χ2n) is 10.2. The van der Waals surface area contributed by atoms with Gasteiger partial charge in [0.15, 0.2) is 0 Å². The van der Waals surface area contributed by atoms with E-state index in [4.69, 9.17) is 0 Å². The predicted molar refractivity (Wildman–Crippen MR) is 165 cm³/mol. The van der Waals surface area contributed by atoms with Gasteiger partial charge in [-0.25, -0.2) is 0 Å². The van der Waals surface area contributed by atoms with Crippen molar-refractivity contribution in [2.24, 2.45) is 0 Å². The number of benzene rings is 5. The topological polar surface area (TPSA) is 24.9 Å². The average molecular weight is 501 g/mol. The van der Waals surface area contributed by atoms with Crippen molar-refractivity contribution in [1.82, 2.24) is 10.3 Å². The summed E-state index contributed by atoms with van der Waals surface area (Å²) < 4.78 is 0. The van der Waals surface area contributed by atoms with Crippen LogP contribution in [0.25, 0.3) is 60.5 Å². The van der Waals surface area contributed by atoms with Gasteiger partial charge in [-0.15, -0.1) is 0 Å².